The van der Waals surface area contributed by atoms with Crippen molar-refractivity contribution < 1.29 is 25.8 Å². The van der Waals surface area contributed by atoms with Gasteiger partial charge in [-0.3, -0.25) is 0 Å². The van der Waals surface area contributed by atoms with E-state index in [-0.39, 0.29) is 48.1 Å². The number of ether oxygens (including phenoxy) is 1. The zero-order chi connectivity index (χ0) is 50.3. The van der Waals surface area contributed by atoms with Crippen molar-refractivity contribution in [3.05, 3.63) is 222 Å². The third-order valence-electron chi connectivity index (χ3n) is 14.8. The first-order chi connectivity index (χ1) is 33.6. The zero-order valence-electron chi connectivity index (χ0n) is 44.2. The molecule has 0 amide bonds. The summed E-state index contributed by atoms with van der Waals surface area (Å²) in [6, 6.07) is 64.8. The van der Waals surface area contributed by atoms with Gasteiger partial charge in [0.05, 0.1) is 0 Å². The number of rotatable bonds is 9. The number of nitrogens with zero attached hydrogens (tertiary/aromatic N) is 4. The molecule has 0 aliphatic carbocycles. The number of aromatic nitrogens is 2. The summed E-state index contributed by atoms with van der Waals surface area (Å²) in [5.74, 6) is 2.07. The molecule has 0 bridgehead atoms. The van der Waals surface area contributed by atoms with E-state index in [1.165, 1.54) is 33.4 Å². The van der Waals surface area contributed by atoms with Crippen LogP contribution < -0.4 is 14.5 Å². The molecule has 370 valence electrons. The van der Waals surface area contributed by atoms with Crippen LogP contribution in [0.3, 0.4) is 0 Å². The minimum atomic E-state index is -0.243. The molecule has 10 rings (SSSR count). The number of hydrogen-bond acceptors (Lipinski definition) is 4. The standard InChI is InChI=1S/C66H67N4O.Pt/c1-62(2,3)46-25-20-26-51(35-46)68-43-69(60-39-49(28-32-57(60)68)66(12,13)45-23-18-15-19-24-45)52-36-50(64(7,8)9)37-54(41-52)71-53-29-31-56-55-30-27-48(65(10,11)44-21-16-14-17-22-44)38-58(55)70(59(56)42-53)61-40-47(33-34-67-61)63(4,5)6;/h14-40,43H,1-13H3;/q-3;. The SMILES string of the molecule is CC(C)(C)c1cc(Oc2[c-]c3c(cc2)c2ccc(C(C)(C)c4ccccc4)cc2n3-c2cc(C(C)(C)C)ccn2)[c-]c(N2[CH-]N(c3cccc(C(C)(C)C)c3)c3ccc(C(C)(C)c4ccccc4)cc32)c1.[Pt]. The summed E-state index contributed by atoms with van der Waals surface area (Å²) in [6.45, 7) is 31.8. The molecule has 0 radical (unpaired) electrons. The van der Waals surface area contributed by atoms with Crippen molar-refractivity contribution in [2.45, 2.75) is 117 Å². The van der Waals surface area contributed by atoms with Crippen molar-refractivity contribution in [2.24, 2.45) is 0 Å². The molecule has 1 aliphatic rings. The van der Waals surface area contributed by atoms with Gasteiger partial charge in [-0.05, 0) is 97.5 Å². The largest absolute Gasteiger partial charge is 0.509 e. The summed E-state index contributed by atoms with van der Waals surface area (Å²) < 4.78 is 9.28. The fourth-order valence-corrected chi connectivity index (χ4v) is 9.99. The molecule has 0 spiro atoms. The number of pyridine rings is 1. The van der Waals surface area contributed by atoms with Gasteiger partial charge in [-0.2, -0.15) is 6.07 Å². The van der Waals surface area contributed by atoms with Crippen molar-refractivity contribution in [2.75, 3.05) is 9.80 Å². The molecule has 0 fully saturated rings. The molecular formula is C66H67N4OPt-3. The Balaban J connectivity index is 0.00000640. The second kappa shape index (κ2) is 18.6. The minimum absolute atomic E-state index is 0. The summed E-state index contributed by atoms with van der Waals surface area (Å²) in [6.07, 6.45) is 1.93. The van der Waals surface area contributed by atoms with E-state index in [4.69, 9.17) is 9.72 Å². The van der Waals surface area contributed by atoms with Gasteiger partial charge < -0.3 is 19.1 Å². The van der Waals surface area contributed by atoms with Gasteiger partial charge in [-0.15, -0.1) is 53.6 Å². The molecule has 72 heavy (non-hydrogen) atoms. The van der Waals surface area contributed by atoms with E-state index in [1.54, 1.807) is 0 Å². The Morgan fingerprint density at radius 2 is 1.03 bits per heavy atom. The Hall–Kier alpha value is -6.42. The molecule has 5 nitrogen and oxygen atoms in total. The first-order valence-electron chi connectivity index (χ1n) is 25.1. The average molecular weight is 1130 g/mol. The molecule has 7 aromatic carbocycles. The van der Waals surface area contributed by atoms with Gasteiger partial charge in [0.1, 0.15) is 5.82 Å². The predicted molar refractivity (Wildman–Crippen MR) is 297 cm³/mol. The van der Waals surface area contributed by atoms with Crippen molar-refractivity contribution in [3.63, 3.8) is 0 Å². The van der Waals surface area contributed by atoms with Crippen molar-refractivity contribution in [3.8, 4) is 17.3 Å². The Kier molecular flexibility index (Phi) is 13.0. The van der Waals surface area contributed by atoms with Crippen LogP contribution in [0.15, 0.2) is 164 Å². The summed E-state index contributed by atoms with van der Waals surface area (Å²) in [5.41, 5.74) is 14.0. The minimum Gasteiger partial charge on any atom is -0.509 e. The van der Waals surface area contributed by atoms with Crippen LogP contribution in [-0.4, -0.2) is 9.55 Å². The zero-order valence-corrected chi connectivity index (χ0v) is 46.5. The molecule has 1 aliphatic heterocycles. The molecule has 2 aromatic heterocycles. The van der Waals surface area contributed by atoms with Crippen LogP contribution >= 0.6 is 0 Å². The van der Waals surface area contributed by atoms with E-state index >= 15 is 0 Å². The normalized spacial score (nSPS) is 13.4. The number of anilines is 4. The maximum absolute atomic E-state index is 7.01. The quantitative estimate of drug-likeness (QED) is 0.135. The monoisotopic (exact) mass is 1130 g/mol. The molecule has 9 aromatic rings. The Morgan fingerprint density at radius 1 is 0.444 bits per heavy atom. The van der Waals surface area contributed by atoms with Gasteiger partial charge in [0.15, 0.2) is 0 Å². The first kappa shape index (κ1) is 50.5. The third-order valence-corrected chi connectivity index (χ3v) is 14.8. The molecule has 0 atom stereocenters. The molecule has 6 heteroatoms. The number of hydrogen-bond donors (Lipinski definition) is 0. The van der Waals surface area contributed by atoms with Crippen LogP contribution in [0.1, 0.15) is 129 Å². The molecule has 0 unspecified atom stereocenters. The summed E-state index contributed by atoms with van der Waals surface area (Å²) in [7, 11) is 0. The van der Waals surface area contributed by atoms with E-state index in [9.17, 15) is 0 Å². The van der Waals surface area contributed by atoms with E-state index in [0.29, 0.717) is 11.5 Å². The molecule has 3 heterocycles. The van der Waals surface area contributed by atoms with Crippen LogP contribution in [0.2, 0.25) is 0 Å². The molecular weight excluding hydrogens is 1060 g/mol. The van der Waals surface area contributed by atoms with Gasteiger partial charge in [0.25, 0.3) is 0 Å². The fraction of sp³-hybridized carbons (Fsp3) is 0.273. The second-order valence-corrected chi connectivity index (χ2v) is 23.6. The molecule has 0 saturated carbocycles. The van der Waals surface area contributed by atoms with Gasteiger partial charge >= 0.3 is 0 Å². The summed E-state index contributed by atoms with van der Waals surface area (Å²) in [4.78, 5) is 9.65. The van der Waals surface area contributed by atoms with Gasteiger partial charge in [0, 0.05) is 72.2 Å². The third kappa shape index (κ3) is 9.42. The van der Waals surface area contributed by atoms with Crippen LogP contribution in [0.5, 0.6) is 11.5 Å². The van der Waals surface area contributed by atoms with Crippen LogP contribution in [0.4, 0.5) is 22.7 Å². The first-order valence-corrected chi connectivity index (χ1v) is 25.1. The van der Waals surface area contributed by atoms with Crippen molar-refractivity contribution in [1.29, 1.82) is 0 Å². The Morgan fingerprint density at radius 3 is 1.67 bits per heavy atom. The van der Waals surface area contributed by atoms with E-state index in [0.717, 1.165) is 55.9 Å². The maximum Gasteiger partial charge on any atom is 0.135 e. The van der Waals surface area contributed by atoms with Gasteiger partial charge in [0.2, 0.25) is 0 Å². The summed E-state index contributed by atoms with van der Waals surface area (Å²) in [5, 5.41) is 2.22. The number of benzene rings is 7. The van der Waals surface area contributed by atoms with Crippen LogP contribution in [0, 0.1) is 18.8 Å². The van der Waals surface area contributed by atoms with Crippen molar-refractivity contribution in [1.82, 2.24) is 9.55 Å². The predicted octanol–water partition coefficient (Wildman–Crippen LogP) is 17.5. The van der Waals surface area contributed by atoms with Gasteiger partial charge in [-0.1, -0.05) is 187 Å². The molecule has 0 N–H and O–H groups in total. The van der Waals surface area contributed by atoms with Crippen LogP contribution in [-0.2, 0) is 48.1 Å². The van der Waals surface area contributed by atoms with Gasteiger partial charge in [-0.25, -0.2) is 4.98 Å². The van der Waals surface area contributed by atoms with E-state index in [1.807, 2.05) is 12.3 Å². The Bertz CT molecular complexity index is 3440. The van der Waals surface area contributed by atoms with E-state index in [2.05, 4.69) is 275 Å². The number of fused-ring (bicyclic) bond motifs is 4. The van der Waals surface area contributed by atoms with E-state index < -0.39 is 0 Å². The smallest absolute Gasteiger partial charge is 0.135 e. The molecule has 0 saturated heterocycles. The average Bonchev–Trinajstić information content (AvgIpc) is 3.89. The fourth-order valence-electron chi connectivity index (χ4n) is 9.99. The second-order valence-electron chi connectivity index (χ2n) is 23.6. The topological polar surface area (TPSA) is 33.5 Å². The van der Waals surface area contributed by atoms with Crippen molar-refractivity contribution >= 4 is 44.6 Å². The Labute approximate surface area is 443 Å². The van der Waals surface area contributed by atoms with Crippen LogP contribution in [0.25, 0.3) is 27.6 Å². The maximum atomic E-state index is 7.01. The summed E-state index contributed by atoms with van der Waals surface area (Å²) >= 11 is 0.